The molecule has 144 valence electrons. The average molecular weight is 401 g/mol. The third-order valence-electron chi connectivity index (χ3n) is 3.37. The van der Waals surface area contributed by atoms with Crippen molar-refractivity contribution < 1.29 is 28.7 Å². The van der Waals surface area contributed by atoms with Crippen molar-refractivity contribution in [2.45, 2.75) is 12.6 Å². The predicted octanol–water partition coefficient (Wildman–Crippen LogP) is 1.85. The first-order chi connectivity index (χ1) is 12.7. The van der Waals surface area contributed by atoms with Crippen LogP contribution >= 0.6 is 11.6 Å². The molecule has 1 aromatic heterocycles. The molecule has 0 aliphatic heterocycles. The van der Waals surface area contributed by atoms with E-state index in [9.17, 15) is 29.2 Å². The summed E-state index contributed by atoms with van der Waals surface area (Å²) in [6, 6.07) is 4.41. The molecular weight excluding hydrogens is 387 g/mol. The third kappa shape index (κ3) is 5.46. The van der Waals surface area contributed by atoms with E-state index < -0.39 is 34.7 Å². The fourth-order valence-electron chi connectivity index (χ4n) is 2.07. The van der Waals surface area contributed by atoms with Crippen LogP contribution in [0.15, 0.2) is 30.5 Å². The molecule has 1 heterocycles. The second-order valence-corrected chi connectivity index (χ2v) is 5.81. The number of hydrogen-bond acceptors (Lipinski definition) is 7. The number of nitro groups is 1. The number of carbonyl (C=O) groups is 2. The molecule has 1 unspecified atom stereocenters. The molecule has 1 atom stereocenters. The Bertz CT molecular complexity index is 856. The molecule has 0 spiro atoms. The van der Waals surface area contributed by atoms with Gasteiger partial charge in [-0.15, -0.1) is 0 Å². The average Bonchev–Trinajstić information content (AvgIpc) is 2.96. The van der Waals surface area contributed by atoms with E-state index in [1.807, 2.05) is 0 Å². The van der Waals surface area contributed by atoms with Gasteiger partial charge in [0.15, 0.2) is 0 Å². The molecule has 0 saturated heterocycles. The predicted molar refractivity (Wildman–Crippen MR) is 89.7 cm³/mol. The van der Waals surface area contributed by atoms with Gasteiger partial charge in [0.05, 0.1) is 24.8 Å². The molecule has 10 nitrogen and oxygen atoms in total. The fraction of sp³-hybridized carbons (Fsp3) is 0.267. The zero-order chi connectivity index (χ0) is 20.1. The van der Waals surface area contributed by atoms with Gasteiger partial charge in [0.25, 0.3) is 0 Å². The number of imidazole rings is 1. The van der Waals surface area contributed by atoms with Crippen molar-refractivity contribution in [1.82, 2.24) is 14.5 Å². The minimum Gasteiger partial charge on any atom is -0.389 e. The van der Waals surface area contributed by atoms with E-state index in [2.05, 4.69) is 9.72 Å². The molecule has 0 saturated carbocycles. The number of benzene rings is 1. The lowest BCUT2D eigenvalue weighted by atomic mass is 10.2. The van der Waals surface area contributed by atoms with Crippen LogP contribution in [0.25, 0.3) is 0 Å². The highest BCUT2D eigenvalue weighted by atomic mass is 35.5. The number of esters is 1. The first kappa shape index (κ1) is 20.3. The Morgan fingerprint density at radius 2 is 2.07 bits per heavy atom. The number of hydrogen-bond donors (Lipinski definition) is 1. The molecule has 0 radical (unpaired) electrons. The minimum atomic E-state index is -1.17. The number of likely N-dealkylation sites (N-methyl/N-ethyl adjacent to an activating group) is 1. The number of ether oxygens (including phenoxy) is 1. The first-order valence-corrected chi connectivity index (χ1v) is 7.83. The summed E-state index contributed by atoms with van der Waals surface area (Å²) < 4.78 is 18.6. The van der Waals surface area contributed by atoms with Crippen LogP contribution in [0.4, 0.5) is 15.0 Å². The molecule has 0 aliphatic rings. The molecule has 2 aromatic rings. The lowest BCUT2D eigenvalue weighted by Crippen LogP contribution is -2.37. The van der Waals surface area contributed by atoms with Gasteiger partial charge in [0.1, 0.15) is 12.0 Å². The quantitative estimate of drug-likeness (QED) is 0.339. The summed E-state index contributed by atoms with van der Waals surface area (Å²) in [4.78, 5) is 38.1. The summed E-state index contributed by atoms with van der Waals surface area (Å²) in [6.45, 7) is -0.430. The summed E-state index contributed by atoms with van der Waals surface area (Å²) in [6.07, 6.45) is -1.16. The SMILES string of the molecule is CN(CC(O)Cn1cc([N+](=O)[O-])nc1Cl)C(=O)OC(=O)c1ccc(F)cc1. The van der Waals surface area contributed by atoms with Crippen molar-refractivity contribution in [1.29, 1.82) is 0 Å². The highest BCUT2D eigenvalue weighted by Crippen LogP contribution is 2.16. The van der Waals surface area contributed by atoms with E-state index in [4.69, 9.17) is 11.6 Å². The molecule has 12 heteroatoms. The van der Waals surface area contributed by atoms with E-state index in [-0.39, 0.29) is 23.9 Å². The van der Waals surface area contributed by atoms with E-state index >= 15 is 0 Å². The summed E-state index contributed by atoms with van der Waals surface area (Å²) in [5.41, 5.74) is -0.0174. The summed E-state index contributed by atoms with van der Waals surface area (Å²) in [5, 5.41) is 20.5. The Morgan fingerprint density at radius 3 is 2.63 bits per heavy atom. The summed E-state index contributed by atoms with van der Waals surface area (Å²) in [7, 11) is 1.28. The molecule has 1 N–H and O–H groups in total. The molecule has 1 aromatic carbocycles. The van der Waals surface area contributed by atoms with E-state index in [0.29, 0.717) is 0 Å². The maximum absolute atomic E-state index is 12.8. The number of aliphatic hydroxyl groups excluding tert-OH is 1. The third-order valence-corrected chi connectivity index (χ3v) is 3.67. The molecular formula is C15H14ClFN4O6. The van der Waals surface area contributed by atoms with E-state index in [1.165, 1.54) is 7.05 Å². The van der Waals surface area contributed by atoms with Crippen LogP contribution in [-0.4, -0.2) is 56.2 Å². The second-order valence-electron chi connectivity index (χ2n) is 5.47. The zero-order valence-electron chi connectivity index (χ0n) is 13.9. The summed E-state index contributed by atoms with van der Waals surface area (Å²) in [5.74, 6) is -2.00. The number of halogens is 2. The molecule has 2 rings (SSSR count). The molecule has 1 amide bonds. The largest absolute Gasteiger partial charge is 0.417 e. The molecule has 27 heavy (non-hydrogen) atoms. The van der Waals surface area contributed by atoms with Crippen LogP contribution in [0.5, 0.6) is 0 Å². The van der Waals surface area contributed by atoms with Gasteiger partial charge in [-0.05, 0) is 45.8 Å². The molecule has 0 bridgehead atoms. The first-order valence-electron chi connectivity index (χ1n) is 7.45. The van der Waals surface area contributed by atoms with Crippen LogP contribution in [0.3, 0.4) is 0 Å². The van der Waals surface area contributed by atoms with Crippen LogP contribution in [0, 0.1) is 15.9 Å². The van der Waals surface area contributed by atoms with Gasteiger partial charge in [0, 0.05) is 7.05 Å². The van der Waals surface area contributed by atoms with E-state index in [1.54, 1.807) is 0 Å². The van der Waals surface area contributed by atoms with Gasteiger partial charge in [-0.1, -0.05) is 0 Å². The number of carbonyl (C=O) groups excluding carboxylic acids is 2. The van der Waals surface area contributed by atoms with Crippen molar-refractivity contribution in [2.24, 2.45) is 0 Å². The minimum absolute atomic E-state index is 0.0174. The van der Waals surface area contributed by atoms with Gasteiger partial charge in [0.2, 0.25) is 0 Å². The van der Waals surface area contributed by atoms with Crippen molar-refractivity contribution >= 4 is 29.5 Å². The van der Waals surface area contributed by atoms with E-state index in [0.717, 1.165) is 39.9 Å². The van der Waals surface area contributed by atoms with Crippen LogP contribution in [-0.2, 0) is 11.3 Å². The van der Waals surface area contributed by atoms with Crippen molar-refractivity contribution in [3.63, 3.8) is 0 Å². The number of aromatic nitrogens is 2. The number of amides is 1. The second kappa shape index (κ2) is 8.56. The fourth-order valence-corrected chi connectivity index (χ4v) is 2.28. The topological polar surface area (TPSA) is 128 Å². The summed E-state index contributed by atoms with van der Waals surface area (Å²) >= 11 is 5.74. The Kier molecular flexibility index (Phi) is 6.42. The number of rotatable bonds is 6. The van der Waals surface area contributed by atoms with Crippen molar-refractivity contribution in [3.05, 3.63) is 57.2 Å². The molecule has 0 fully saturated rings. The Balaban J connectivity index is 1.90. The highest BCUT2D eigenvalue weighted by Gasteiger charge is 2.22. The smallest absolute Gasteiger partial charge is 0.389 e. The van der Waals surface area contributed by atoms with Crippen molar-refractivity contribution in [2.75, 3.05) is 13.6 Å². The van der Waals surface area contributed by atoms with Crippen molar-refractivity contribution in [3.8, 4) is 0 Å². The van der Waals surface area contributed by atoms with Gasteiger partial charge in [-0.2, -0.15) is 0 Å². The maximum Gasteiger partial charge on any atom is 0.417 e. The van der Waals surface area contributed by atoms with Crippen LogP contribution < -0.4 is 0 Å². The van der Waals surface area contributed by atoms with Gasteiger partial charge >= 0.3 is 23.2 Å². The monoisotopic (exact) mass is 400 g/mol. The van der Waals surface area contributed by atoms with Crippen LogP contribution in [0.2, 0.25) is 5.28 Å². The number of aliphatic hydroxyl groups is 1. The zero-order valence-corrected chi connectivity index (χ0v) is 14.7. The molecule has 0 aliphatic carbocycles. The standard InChI is InChI=1S/C15H14ClFN4O6/c1-19(15(24)27-13(23)9-2-4-10(17)5-3-9)6-11(22)7-20-8-12(21(25)26)18-14(20)16/h2-5,8,11,22H,6-7H2,1H3. The van der Waals surface area contributed by atoms with Gasteiger partial charge in [-0.25, -0.2) is 14.0 Å². The Morgan fingerprint density at radius 1 is 1.44 bits per heavy atom. The van der Waals surface area contributed by atoms with Gasteiger partial charge < -0.3 is 24.9 Å². The normalized spacial score (nSPS) is 11.7. The maximum atomic E-state index is 12.8. The lowest BCUT2D eigenvalue weighted by Gasteiger charge is -2.20. The van der Waals surface area contributed by atoms with Gasteiger partial charge in [-0.3, -0.25) is 4.57 Å². The Hall–Kier alpha value is -3.05. The lowest BCUT2D eigenvalue weighted by molar-refractivity contribution is -0.389. The highest BCUT2D eigenvalue weighted by molar-refractivity contribution is 6.28. The Labute approximate surface area is 156 Å². The van der Waals surface area contributed by atoms with Crippen LogP contribution in [0.1, 0.15) is 10.4 Å². The number of nitrogens with zero attached hydrogens (tertiary/aromatic N) is 4.